The predicted molar refractivity (Wildman–Crippen MR) is 86.7 cm³/mol. The topological polar surface area (TPSA) is 93.5 Å². The van der Waals surface area contributed by atoms with Crippen molar-refractivity contribution < 1.29 is 23.8 Å². The largest absolute Gasteiger partial charge is 0.480 e. The fourth-order valence-electron chi connectivity index (χ4n) is 2.75. The van der Waals surface area contributed by atoms with E-state index in [4.69, 9.17) is 21.4 Å². The summed E-state index contributed by atoms with van der Waals surface area (Å²) in [5.41, 5.74) is 0.538. The molecule has 2 atom stereocenters. The fourth-order valence-corrected chi connectivity index (χ4v) is 2.87. The van der Waals surface area contributed by atoms with Crippen LogP contribution in [0.15, 0.2) is 30.5 Å². The van der Waals surface area contributed by atoms with Gasteiger partial charge in [-0.05, 0) is 24.1 Å². The Morgan fingerprint density at radius 2 is 2.24 bits per heavy atom. The molecule has 132 valence electrons. The fraction of sp³-hybridized carbons (Fsp3) is 0.312. The highest BCUT2D eigenvalue weighted by atomic mass is 35.5. The number of hydrogen-bond donors (Lipinski definition) is 2. The Labute approximate surface area is 147 Å². The third kappa shape index (κ3) is 3.97. The molecule has 0 aliphatic carbocycles. The molecule has 1 aromatic carbocycles. The van der Waals surface area contributed by atoms with Gasteiger partial charge in [0, 0.05) is 18.9 Å². The van der Waals surface area contributed by atoms with Gasteiger partial charge in [0.15, 0.2) is 5.82 Å². The minimum absolute atomic E-state index is 0.00622. The molecule has 0 unspecified atom stereocenters. The Hall–Kier alpha value is -2.45. The van der Waals surface area contributed by atoms with Crippen LogP contribution in [-0.4, -0.2) is 33.4 Å². The minimum Gasteiger partial charge on any atom is -0.480 e. The van der Waals surface area contributed by atoms with Gasteiger partial charge in [-0.15, -0.1) is 0 Å². The highest BCUT2D eigenvalue weighted by Crippen LogP contribution is 2.36. The zero-order chi connectivity index (χ0) is 18.0. The van der Waals surface area contributed by atoms with Gasteiger partial charge < -0.3 is 15.2 Å². The van der Waals surface area contributed by atoms with Crippen LogP contribution in [0.2, 0.25) is 5.02 Å². The van der Waals surface area contributed by atoms with E-state index in [0.717, 1.165) is 0 Å². The van der Waals surface area contributed by atoms with Crippen LogP contribution < -0.4 is 5.32 Å². The second-order valence-corrected chi connectivity index (χ2v) is 6.05. The van der Waals surface area contributed by atoms with Crippen LogP contribution in [0.4, 0.5) is 10.2 Å². The van der Waals surface area contributed by atoms with Gasteiger partial charge in [-0.3, -0.25) is 14.3 Å². The number of carboxylic acids is 1. The van der Waals surface area contributed by atoms with Gasteiger partial charge in [-0.1, -0.05) is 17.7 Å². The van der Waals surface area contributed by atoms with Crippen molar-refractivity contribution in [1.29, 1.82) is 0 Å². The van der Waals surface area contributed by atoms with Gasteiger partial charge in [-0.25, -0.2) is 4.39 Å². The molecule has 9 heteroatoms. The number of anilines is 1. The van der Waals surface area contributed by atoms with Crippen molar-refractivity contribution in [2.24, 2.45) is 5.92 Å². The van der Waals surface area contributed by atoms with Crippen LogP contribution in [0.3, 0.4) is 0 Å². The predicted octanol–water partition coefficient (Wildman–Crippen LogP) is 2.48. The zero-order valence-electron chi connectivity index (χ0n) is 13.0. The quantitative estimate of drug-likeness (QED) is 0.846. The van der Waals surface area contributed by atoms with Crippen LogP contribution in [0.5, 0.6) is 0 Å². The van der Waals surface area contributed by atoms with Crippen molar-refractivity contribution >= 4 is 29.3 Å². The molecule has 0 bridgehead atoms. The van der Waals surface area contributed by atoms with Crippen LogP contribution in [0, 0.1) is 11.7 Å². The first-order valence-electron chi connectivity index (χ1n) is 7.56. The average Bonchev–Trinajstić information content (AvgIpc) is 3.19. The molecule has 0 radical (unpaired) electrons. The van der Waals surface area contributed by atoms with Crippen molar-refractivity contribution in [1.82, 2.24) is 9.78 Å². The van der Waals surface area contributed by atoms with Gasteiger partial charge in [0.25, 0.3) is 0 Å². The number of amides is 1. The lowest BCUT2D eigenvalue weighted by Gasteiger charge is -2.18. The van der Waals surface area contributed by atoms with E-state index in [0.29, 0.717) is 18.6 Å². The van der Waals surface area contributed by atoms with Crippen molar-refractivity contribution in [2.45, 2.75) is 19.1 Å². The smallest absolute Gasteiger partial charge is 0.325 e. The molecule has 0 saturated carbocycles. The van der Waals surface area contributed by atoms with Gasteiger partial charge in [0.2, 0.25) is 5.91 Å². The number of nitrogens with zero attached hydrogens (tertiary/aromatic N) is 2. The molecule has 1 aliphatic heterocycles. The van der Waals surface area contributed by atoms with Gasteiger partial charge >= 0.3 is 5.97 Å². The van der Waals surface area contributed by atoms with Gasteiger partial charge in [-0.2, -0.15) is 5.10 Å². The number of carbonyl (C=O) groups excluding carboxylic acids is 1. The summed E-state index contributed by atoms with van der Waals surface area (Å²) in [5, 5.41) is 15.3. The number of rotatable bonds is 5. The van der Waals surface area contributed by atoms with Crippen molar-refractivity contribution in [2.75, 3.05) is 11.9 Å². The lowest BCUT2D eigenvalue weighted by Crippen LogP contribution is -2.25. The molecule has 1 amide bonds. The molecule has 3 rings (SSSR count). The minimum atomic E-state index is -1.03. The maximum absolute atomic E-state index is 13.7. The van der Waals surface area contributed by atoms with E-state index in [1.54, 1.807) is 6.07 Å². The van der Waals surface area contributed by atoms with Crippen molar-refractivity contribution in [3.8, 4) is 0 Å². The molecular weight excluding hydrogens is 353 g/mol. The van der Waals surface area contributed by atoms with E-state index in [1.165, 1.54) is 29.1 Å². The van der Waals surface area contributed by atoms with Crippen LogP contribution in [0.25, 0.3) is 0 Å². The summed E-state index contributed by atoms with van der Waals surface area (Å²) < 4.78 is 20.5. The number of carboxylic acid groups (broad SMARTS) is 1. The molecular formula is C16H15ClFN3O4. The highest BCUT2D eigenvalue weighted by Gasteiger charge is 2.35. The molecule has 2 aromatic rings. The molecule has 7 nitrogen and oxygen atoms in total. The van der Waals surface area contributed by atoms with E-state index in [2.05, 4.69) is 10.4 Å². The van der Waals surface area contributed by atoms with E-state index >= 15 is 0 Å². The van der Waals surface area contributed by atoms with Gasteiger partial charge in [0.05, 0.1) is 17.0 Å². The average molecular weight is 368 g/mol. The maximum atomic E-state index is 13.7. The Bertz CT molecular complexity index is 810. The number of aromatic nitrogens is 2. The Morgan fingerprint density at radius 3 is 2.96 bits per heavy atom. The van der Waals surface area contributed by atoms with Crippen LogP contribution in [0.1, 0.15) is 18.1 Å². The van der Waals surface area contributed by atoms with Crippen LogP contribution in [-0.2, 0) is 20.9 Å². The summed E-state index contributed by atoms with van der Waals surface area (Å²) in [6, 6.07) is 5.83. The molecule has 1 fully saturated rings. The number of carbonyl (C=O) groups is 2. The third-order valence-corrected chi connectivity index (χ3v) is 4.20. The first kappa shape index (κ1) is 17.4. The van der Waals surface area contributed by atoms with E-state index in [9.17, 15) is 14.0 Å². The van der Waals surface area contributed by atoms with Crippen molar-refractivity contribution in [3.63, 3.8) is 0 Å². The zero-order valence-corrected chi connectivity index (χ0v) is 13.7. The first-order valence-corrected chi connectivity index (χ1v) is 7.94. The maximum Gasteiger partial charge on any atom is 0.325 e. The Morgan fingerprint density at radius 1 is 1.44 bits per heavy atom. The van der Waals surface area contributed by atoms with E-state index in [1.807, 2.05) is 0 Å². The number of benzene rings is 1. The number of nitrogens with one attached hydrogen (secondary N) is 1. The molecule has 1 aromatic heterocycles. The SMILES string of the molecule is O=C(O)Cn1ccc(NC(=O)[C@@H]2CCO[C@H]2c2ccc(Cl)c(F)c2)n1. The molecule has 1 saturated heterocycles. The molecule has 0 spiro atoms. The number of aliphatic carboxylic acids is 1. The highest BCUT2D eigenvalue weighted by molar-refractivity contribution is 6.30. The van der Waals surface area contributed by atoms with Crippen molar-refractivity contribution in [3.05, 3.63) is 46.9 Å². The second-order valence-electron chi connectivity index (χ2n) is 5.64. The number of halogens is 2. The molecule has 1 aliphatic rings. The standard InChI is InChI=1S/C16H15ClFN3O4/c17-11-2-1-9(7-12(11)18)15-10(4-6-25-15)16(24)19-13-3-5-21(20-13)8-14(22)23/h1-3,5,7,10,15H,4,6,8H2,(H,22,23)(H,19,20,24)/t10-,15+/m1/s1. The molecule has 2 N–H and O–H groups in total. The first-order chi connectivity index (χ1) is 11.9. The Balaban J connectivity index is 1.71. The Kier molecular flexibility index (Phi) is 5.00. The van der Waals surface area contributed by atoms with Gasteiger partial charge in [0.1, 0.15) is 12.4 Å². The number of ether oxygens (including phenoxy) is 1. The molecule has 25 heavy (non-hydrogen) atoms. The van der Waals surface area contributed by atoms with Crippen LogP contribution >= 0.6 is 11.6 Å². The molecule has 2 heterocycles. The monoisotopic (exact) mass is 367 g/mol. The van der Waals surface area contributed by atoms with E-state index in [-0.39, 0.29) is 23.3 Å². The summed E-state index contributed by atoms with van der Waals surface area (Å²) >= 11 is 5.68. The lowest BCUT2D eigenvalue weighted by atomic mass is 9.94. The lowest BCUT2D eigenvalue weighted by molar-refractivity contribution is -0.137. The normalized spacial score (nSPS) is 19.8. The summed E-state index contributed by atoms with van der Waals surface area (Å²) in [5.74, 6) is -2.18. The third-order valence-electron chi connectivity index (χ3n) is 3.89. The summed E-state index contributed by atoms with van der Waals surface area (Å²) in [6.07, 6.45) is 1.37. The summed E-state index contributed by atoms with van der Waals surface area (Å²) in [6.45, 7) is 0.0789. The summed E-state index contributed by atoms with van der Waals surface area (Å²) in [4.78, 5) is 23.2. The van der Waals surface area contributed by atoms with E-state index < -0.39 is 23.8 Å². The summed E-state index contributed by atoms with van der Waals surface area (Å²) in [7, 11) is 0. The number of hydrogen-bond acceptors (Lipinski definition) is 4. The second kappa shape index (κ2) is 7.20.